The van der Waals surface area contributed by atoms with Gasteiger partial charge in [0.2, 0.25) is 0 Å². The van der Waals surface area contributed by atoms with Crippen LogP contribution < -0.4 is 10.1 Å². The molecule has 28 heavy (non-hydrogen) atoms. The maximum Gasteiger partial charge on any atom is 0.307 e. The molecule has 0 aliphatic heterocycles. The van der Waals surface area contributed by atoms with Crippen molar-refractivity contribution in [3.8, 4) is 16.5 Å². The average Bonchev–Trinajstić information content (AvgIpc) is 3.08. The van der Waals surface area contributed by atoms with E-state index in [0.717, 1.165) is 28.2 Å². The third-order valence-corrected chi connectivity index (χ3v) is 5.48. The summed E-state index contributed by atoms with van der Waals surface area (Å²) in [7, 11) is 1.52. The van der Waals surface area contributed by atoms with Crippen LogP contribution in [0.3, 0.4) is 0 Å². The van der Waals surface area contributed by atoms with Gasteiger partial charge >= 0.3 is 5.97 Å². The Morgan fingerprint density at radius 3 is 2.68 bits per heavy atom. The first-order valence-corrected chi connectivity index (χ1v) is 9.89. The molecule has 0 saturated carbocycles. The molecule has 2 N–H and O–H groups in total. The Balaban J connectivity index is 1.99. The highest BCUT2D eigenvalue weighted by Crippen LogP contribution is 2.32. The topological polar surface area (TPSA) is 84.3 Å². The highest BCUT2D eigenvalue weighted by molar-refractivity contribution is 7.19. The molecule has 0 bridgehead atoms. The monoisotopic (exact) mass is 417 g/mol. The summed E-state index contributed by atoms with van der Waals surface area (Å²) in [6, 6.07) is 9.07. The minimum atomic E-state index is -0.905. The van der Waals surface area contributed by atoms with Crippen molar-refractivity contribution in [1.82, 2.24) is 9.97 Å². The lowest BCUT2D eigenvalue weighted by Crippen LogP contribution is -2.06. The molecule has 3 aromatic rings. The van der Waals surface area contributed by atoms with E-state index in [1.54, 1.807) is 12.1 Å². The van der Waals surface area contributed by atoms with E-state index in [1.165, 1.54) is 18.4 Å². The van der Waals surface area contributed by atoms with E-state index in [-0.39, 0.29) is 6.42 Å². The summed E-state index contributed by atoms with van der Waals surface area (Å²) < 4.78 is 6.04. The van der Waals surface area contributed by atoms with Gasteiger partial charge in [0.05, 0.1) is 22.7 Å². The number of nitrogens with one attached hydrogen (secondary N) is 1. The van der Waals surface area contributed by atoms with Crippen molar-refractivity contribution < 1.29 is 14.6 Å². The molecule has 3 rings (SSSR count). The maximum absolute atomic E-state index is 11.0. The number of nitrogens with zero attached hydrogens (tertiary/aromatic N) is 2. The van der Waals surface area contributed by atoms with Crippen LogP contribution in [0, 0.1) is 6.92 Å². The second kappa shape index (κ2) is 8.58. The van der Waals surface area contributed by atoms with Gasteiger partial charge in [0.15, 0.2) is 5.82 Å². The zero-order valence-corrected chi connectivity index (χ0v) is 17.3. The summed E-state index contributed by atoms with van der Waals surface area (Å²) in [5.74, 6) is 0.936. The van der Waals surface area contributed by atoms with Crippen LogP contribution in [0.15, 0.2) is 30.3 Å². The number of carbonyl (C=O) groups is 1. The molecule has 2 aromatic heterocycles. The average molecular weight is 418 g/mol. The molecule has 0 unspecified atom stereocenters. The second-order valence-electron chi connectivity index (χ2n) is 6.14. The molecule has 0 saturated heterocycles. The first-order valence-electron chi connectivity index (χ1n) is 8.70. The number of methoxy groups -OCH3 is 1. The van der Waals surface area contributed by atoms with Gasteiger partial charge in [-0.15, -0.1) is 11.3 Å². The normalized spacial score (nSPS) is 10.7. The second-order valence-corrected chi connectivity index (χ2v) is 7.85. The van der Waals surface area contributed by atoms with Gasteiger partial charge < -0.3 is 15.2 Å². The van der Waals surface area contributed by atoms with E-state index < -0.39 is 5.97 Å². The Hall–Kier alpha value is -2.64. The summed E-state index contributed by atoms with van der Waals surface area (Å²) in [6.45, 7) is 4.01. The van der Waals surface area contributed by atoms with Crippen LogP contribution in [0.1, 0.15) is 23.7 Å². The van der Waals surface area contributed by atoms with Gasteiger partial charge in [-0.05, 0) is 31.5 Å². The molecule has 0 aliphatic rings. The SMILES string of the molecule is CCc1c(C)nc(-c2ccc(Cl)s2)nc1Nc1ccc(CC(=O)O)c(OC)c1. The van der Waals surface area contributed by atoms with Crippen molar-refractivity contribution in [2.24, 2.45) is 0 Å². The van der Waals surface area contributed by atoms with Crippen LogP contribution in [0.5, 0.6) is 5.75 Å². The lowest BCUT2D eigenvalue weighted by molar-refractivity contribution is -0.136. The van der Waals surface area contributed by atoms with Gasteiger partial charge in [0.1, 0.15) is 11.6 Å². The third kappa shape index (κ3) is 4.43. The zero-order chi connectivity index (χ0) is 20.3. The summed E-state index contributed by atoms with van der Waals surface area (Å²) in [5, 5.41) is 12.4. The Morgan fingerprint density at radius 2 is 2.07 bits per heavy atom. The number of aromatic nitrogens is 2. The molecule has 8 heteroatoms. The Kier molecular flexibility index (Phi) is 6.16. The highest BCUT2D eigenvalue weighted by Gasteiger charge is 2.15. The first kappa shape index (κ1) is 20.1. The fourth-order valence-corrected chi connectivity index (χ4v) is 3.91. The van der Waals surface area contributed by atoms with E-state index in [0.29, 0.717) is 27.3 Å². The van der Waals surface area contributed by atoms with Crippen molar-refractivity contribution >= 4 is 40.4 Å². The van der Waals surface area contributed by atoms with E-state index >= 15 is 0 Å². The quantitative estimate of drug-likeness (QED) is 0.555. The largest absolute Gasteiger partial charge is 0.496 e. The molecule has 0 radical (unpaired) electrons. The van der Waals surface area contributed by atoms with E-state index in [9.17, 15) is 4.79 Å². The molecule has 0 spiro atoms. The van der Waals surface area contributed by atoms with E-state index in [4.69, 9.17) is 26.4 Å². The number of halogens is 1. The molecule has 0 aliphatic carbocycles. The lowest BCUT2D eigenvalue weighted by Gasteiger charge is -2.15. The van der Waals surface area contributed by atoms with Gasteiger partial charge in [-0.3, -0.25) is 4.79 Å². The maximum atomic E-state index is 11.0. The van der Waals surface area contributed by atoms with Crippen molar-refractivity contribution in [1.29, 1.82) is 0 Å². The fourth-order valence-electron chi connectivity index (χ4n) is 2.94. The Bertz CT molecular complexity index is 1020. The van der Waals surface area contributed by atoms with Crippen molar-refractivity contribution in [2.75, 3.05) is 12.4 Å². The number of rotatable bonds is 7. The number of thiophene rings is 1. The molecule has 2 heterocycles. The van der Waals surface area contributed by atoms with Crippen LogP contribution >= 0.6 is 22.9 Å². The van der Waals surface area contributed by atoms with Gasteiger partial charge in [-0.25, -0.2) is 9.97 Å². The number of aryl methyl sites for hydroxylation is 1. The number of anilines is 2. The number of hydrogen-bond donors (Lipinski definition) is 2. The Morgan fingerprint density at radius 1 is 1.29 bits per heavy atom. The minimum Gasteiger partial charge on any atom is -0.496 e. The number of benzene rings is 1. The van der Waals surface area contributed by atoms with Crippen molar-refractivity contribution in [3.05, 3.63) is 51.5 Å². The minimum absolute atomic E-state index is 0.0977. The number of carboxylic acid groups (broad SMARTS) is 1. The zero-order valence-electron chi connectivity index (χ0n) is 15.7. The number of hydrogen-bond acceptors (Lipinski definition) is 6. The van der Waals surface area contributed by atoms with E-state index in [2.05, 4.69) is 17.2 Å². The smallest absolute Gasteiger partial charge is 0.307 e. The molecule has 146 valence electrons. The van der Waals surface area contributed by atoms with Crippen LogP contribution in [0.25, 0.3) is 10.7 Å². The standard InChI is InChI=1S/C20H20ClN3O3S/c1-4-14-11(2)22-20(16-7-8-17(21)28-16)24-19(14)23-13-6-5-12(9-18(25)26)15(10-13)27-3/h5-8,10H,4,9H2,1-3H3,(H,25,26)(H,22,23,24). The molecular formula is C20H20ClN3O3S. The van der Waals surface area contributed by atoms with Gasteiger partial charge in [-0.1, -0.05) is 24.6 Å². The van der Waals surface area contributed by atoms with Crippen LogP contribution in [-0.4, -0.2) is 28.2 Å². The predicted molar refractivity (Wildman–Crippen MR) is 112 cm³/mol. The lowest BCUT2D eigenvalue weighted by atomic mass is 10.1. The number of carboxylic acids is 1. The predicted octanol–water partition coefficient (Wildman–Crippen LogP) is 5.11. The summed E-state index contributed by atoms with van der Waals surface area (Å²) in [5.41, 5.74) is 3.28. The van der Waals surface area contributed by atoms with E-state index in [1.807, 2.05) is 25.1 Å². The Labute approximate surface area is 172 Å². The third-order valence-electron chi connectivity index (χ3n) is 4.25. The van der Waals surface area contributed by atoms with Crippen molar-refractivity contribution in [3.63, 3.8) is 0 Å². The van der Waals surface area contributed by atoms with Crippen LogP contribution in [-0.2, 0) is 17.6 Å². The highest BCUT2D eigenvalue weighted by atomic mass is 35.5. The number of aliphatic carboxylic acids is 1. The molecular weight excluding hydrogens is 398 g/mol. The van der Waals surface area contributed by atoms with Gasteiger partial charge in [-0.2, -0.15) is 0 Å². The van der Waals surface area contributed by atoms with Gasteiger partial charge in [0.25, 0.3) is 0 Å². The fraction of sp³-hybridized carbons (Fsp3) is 0.250. The molecule has 6 nitrogen and oxygen atoms in total. The molecule has 0 atom stereocenters. The summed E-state index contributed by atoms with van der Waals surface area (Å²) in [4.78, 5) is 21.2. The van der Waals surface area contributed by atoms with Crippen molar-refractivity contribution in [2.45, 2.75) is 26.7 Å². The van der Waals surface area contributed by atoms with Crippen LogP contribution in [0.2, 0.25) is 4.34 Å². The summed E-state index contributed by atoms with van der Waals surface area (Å²) >= 11 is 7.48. The number of ether oxygens (including phenoxy) is 1. The van der Waals surface area contributed by atoms with Crippen LogP contribution in [0.4, 0.5) is 11.5 Å². The summed E-state index contributed by atoms with van der Waals surface area (Å²) in [6.07, 6.45) is 0.674. The molecule has 1 aromatic carbocycles. The molecule has 0 fully saturated rings. The first-order chi connectivity index (χ1) is 13.4. The van der Waals surface area contributed by atoms with Gasteiger partial charge in [0, 0.05) is 28.6 Å². The molecule has 0 amide bonds.